The molecule has 0 unspecified atom stereocenters. The van der Waals surface area contributed by atoms with Crippen LogP contribution in [0.25, 0.3) is 32.6 Å². The number of pyridine rings is 2. The van der Waals surface area contributed by atoms with Gasteiger partial charge in [0.15, 0.2) is 25.5 Å². The summed E-state index contributed by atoms with van der Waals surface area (Å²) in [4.78, 5) is 0. The summed E-state index contributed by atoms with van der Waals surface area (Å²) in [5.41, 5.74) is 18.8. The largest absolute Gasteiger partial charge is 0.398 e. The zero-order valence-electron chi connectivity index (χ0n) is 18.9. The lowest BCUT2D eigenvalue weighted by Gasteiger charge is -2.07. The number of para-hydroxylation sites is 2. The van der Waals surface area contributed by atoms with Gasteiger partial charge in [0.25, 0.3) is 0 Å². The summed E-state index contributed by atoms with van der Waals surface area (Å²) < 4.78 is 4.51. The molecule has 0 aliphatic carbocycles. The Morgan fingerprint density at radius 1 is 0.500 bits per heavy atom. The van der Waals surface area contributed by atoms with Crippen LogP contribution in [0.4, 0.5) is 11.4 Å². The molecule has 4 heteroatoms. The summed E-state index contributed by atoms with van der Waals surface area (Å²) in [6, 6.07) is 34.0. The van der Waals surface area contributed by atoms with Gasteiger partial charge in [-0.3, -0.25) is 0 Å². The number of hydrogen-bond acceptors (Lipinski definition) is 2. The van der Waals surface area contributed by atoms with E-state index in [0.29, 0.717) is 0 Å². The monoisotopic (exact) mass is 442 g/mol. The van der Waals surface area contributed by atoms with Gasteiger partial charge in [-0.2, -0.15) is 9.13 Å². The van der Waals surface area contributed by atoms with E-state index < -0.39 is 0 Å². The molecule has 0 aliphatic heterocycles. The average molecular weight is 443 g/mol. The number of aromatic nitrogens is 2. The van der Waals surface area contributed by atoms with E-state index in [9.17, 15) is 0 Å². The van der Waals surface area contributed by atoms with Gasteiger partial charge in [-0.05, 0) is 35.0 Å². The normalized spacial score (nSPS) is 11.4. The molecule has 2 heterocycles. The first kappa shape index (κ1) is 20.2. The first-order valence-corrected chi connectivity index (χ1v) is 11.5. The van der Waals surface area contributed by atoms with Crippen molar-refractivity contribution in [2.75, 3.05) is 11.5 Å². The van der Waals surface area contributed by atoms with Crippen molar-refractivity contribution in [3.63, 3.8) is 0 Å². The van der Waals surface area contributed by atoms with Crippen LogP contribution in [0, 0.1) is 0 Å². The topological polar surface area (TPSA) is 59.8 Å². The highest BCUT2D eigenvalue weighted by molar-refractivity contribution is 5.88. The van der Waals surface area contributed by atoms with Gasteiger partial charge in [0.05, 0.1) is 22.1 Å². The second-order valence-corrected chi connectivity index (χ2v) is 8.85. The van der Waals surface area contributed by atoms with E-state index in [2.05, 4.69) is 94.3 Å². The highest BCUT2D eigenvalue weighted by Crippen LogP contribution is 2.21. The number of rotatable bonds is 4. The van der Waals surface area contributed by atoms with Crippen LogP contribution in [0.2, 0.25) is 0 Å². The molecule has 34 heavy (non-hydrogen) atoms. The summed E-state index contributed by atoms with van der Waals surface area (Å²) >= 11 is 0. The van der Waals surface area contributed by atoms with Gasteiger partial charge >= 0.3 is 0 Å². The molecule has 2 aromatic heterocycles. The van der Waals surface area contributed by atoms with Crippen LogP contribution >= 0.6 is 0 Å². The van der Waals surface area contributed by atoms with E-state index in [-0.39, 0.29) is 0 Å². The van der Waals surface area contributed by atoms with Crippen LogP contribution in [-0.4, -0.2) is 0 Å². The molecule has 0 saturated heterocycles. The van der Waals surface area contributed by atoms with Crippen LogP contribution in [0.15, 0.2) is 109 Å². The van der Waals surface area contributed by atoms with Crippen molar-refractivity contribution in [1.29, 1.82) is 0 Å². The maximum Gasteiger partial charge on any atom is 0.214 e. The lowest BCUT2D eigenvalue weighted by Crippen LogP contribution is -2.35. The zero-order valence-corrected chi connectivity index (χ0v) is 18.9. The standard InChI is InChI=1S/C30H24N4/c31-27-13-15-33(29-7-3-1-5-25(27)29)19-21-9-11-23-12-10-22(18-24(23)17-21)20-34-16-14-28(32)26-6-2-4-8-30(26)34/h1-18,31-32H,19-20H2/p+2. The molecule has 0 fully saturated rings. The third kappa shape index (κ3) is 3.59. The summed E-state index contributed by atoms with van der Waals surface area (Å²) in [6.45, 7) is 1.58. The lowest BCUT2D eigenvalue weighted by atomic mass is 10.0. The van der Waals surface area contributed by atoms with Gasteiger partial charge in [-0.25, -0.2) is 0 Å². The minimum absolute atomic E-state index is 0.790. The molecule has 0 atom stereocenters. The highest BCUT2D eigenvalue weighted by Gasteiger charge is 2.14. The van der Waals surface area contributed by atoms with Crippen molar-refractivity contribution >= 4 is 44.0 Å². The van der Waals surface area contributed by atoms with E-state index in [1.165, 1.54) is 21.9 Å². The zero-order chi connectivity index (χ0) is 23.1. The molecule has 0 bridgehead atoms. The smallest absolute Gasteiger partial charge is 0.214 e. The number of nitrogens with zero attached hydrogens (tertiary/aromatic N) is 2. The number of anilines is 2. The summed E-state index contributed by atoms with van der Waals surface area (Å²) in [5, 5.41) is 4.66. The molecule has 4 N–H and O–H groups in total. The third-order valence-corrected chi connectivity index (χ3v) is 6.59. The molecule has 0 radical (unpaired) electrons. The fourth-order valence-corrected chi connectivity index (χ4v) is 4.83. The summed E-state index contributed by atoms with van der Waals surface area (Å²) in [7, 11) is 0. The summed E-state index contributed by atoms with van der Waals surface area (Å²) in [5.74, 6) is 0. The Kier molecular flexibility index (Phi) is 4.84. The number of fused-ring (bicyclic) bond motifs is 3. The number of hydrogen-bond donors (Lipinski definition) is 2. The molecule has 0 spiro atoms. The maximum absolute atomic E-state index is 6.19. The van der Waals surface area contributed by atoms with Crippen molar-refractivity contribution in [2.45, 2.75) is 13.1 Å². The van der Waals surface area contributed by atoms with Crippen molar-refractivity contribution < 1.29 is 9.13 Å². The Labute approximate surface area is 198 Å². The maximum atomic E-state index is 6.19. The first-order valence-electron chi connectivity index (χ1n) is 11.5. The van der Waals surface area contributed by atoms with Gasteiger partial charge in [0, 0.05) is 35.4 Å². The van der Waals surface area contributed by atoms with E-state index in [4.69, 9.17) is 11.5 Å². The van der Waals surface area contributed by atoms with Crippen LogP contribution in [-0.2, 0) is 13.1 Å². The quantitative estimate of drug-likeness (QED) is 0.378. The second kappa shape index (κ2) is 8.16. The molecule has 4 aromatic carbocycles. The molecule has 0 saturated carbocycles. The number of nitrogen functional groups attached to an aromatic ring is 2. The van der Waals surface area contributed by atoms with Crippen LogP contribution < -0.4 is 20.6 Å². The molecule has 6 aromatic rings. The van der Waals surface area contributed by atoms with E-state index in [1.807, 2.05) is 24.3 Å². The van der Waals surface area contributed by atoms with Crippen LogP contribution in [0.5, 0.6) is 0 Å². The van der Waals surface area contributed by atoms with Gasteiger partial charge in [-0.1, -0.05) is 48.5 Å². The predicted molar refractivity (Wildman–Crippen MR) is 139 cm³/mol. The van der Waals surface area contributed by atoms with Crippen molar-refractivity contribution in [3.8, 4) is 0 Å². The van der Waals surface area contributed by atoms with Crippen molar-refractivity contribution in [3.05, 3.63) is 121 Å². The van der Waals surface area contributed by atoms with Gasteiger partial charge < -0.3 is 11.5 Å². The molecule has 0 amide bonds. The Balaban J connectivity index is 1.35. The van der Waals surface area contributed by atoms with Crippen LogP contribution in [0.3, 0.4) is 0 Å². The van der Waals surface area contributed by atoms with Crippen molar-refractivity contribution in [2.24, 2.45) is 0 Å². The minimum Gasteiger partial charge on any atom is -0.398 e. The van der Waals surface area contributed by atoms with E-state index in [1.54, 1.807) is 0 Å². The SMILES string of the molecule is Nc1cc[n+](Cc2ccc3ccc(C[n+]4ccc(N)c5ccccc54)cc3c2)c2ccccc12. The Bertz CT molecular complexity index is 1570. The fraction of sp³-hybridized carbons (Fsp3) is 0.0667. The molecular formula is C30H26N4+2. The molecule has 4 nitrogen and oxygen atoms in total. The van der Waals surface area contributed by atoms with Crippen molar-refractivity contribution in [1.82, 2.24) is 0 Å². The fourth-order valence-electron chi connectivity index (χ4n) is 4.83. The van der Waals surface area contributed by atoms with Gasteiger partial charge in [0.2, 0.25) is 11.0 Å². The summed E-state index contributed by atoms with van der Waals surface area (Å²) in [6.07, 6.45) is 4.14. The number of nitrogens with two attached hydrogens (primary N) is 2. The highest BCUT2D eigenvalue weighted by atomic mass is 15.0. The van der Waals surface area contributed by atoms with Gasteiger partial charge in [-0.15, -0.1) is 0 Å². The first-order chi connectivity index (χ1) is 16.7. The minimum atomic E-state index is 0.790. The van der Waals surface area contributed by atoms with E-state index >= 15 is 0 Å². The van der Waals surface area contributed by atoms with E-state index in [0.717, 1.165) is 46.3 Å². The van der Waals surface area contributed by atoms with Crippen LogP contribution in [0.1, 0.15) is 11.1 Å². The molecule has 6 rings (SSSR count). The number of benzene rings is 4. The predicted octanol–water partition coefficient (Wildman–Crippen LogP) is 4.98. The molecular weight excluding hydrogens is 416 g/mol. The third-order valence-electron chi connectivity index (χ3n) is 6.59. The second-order valence-electron chi connectivity index (χ2n) is 8.85. The average Bonchev–Trinajstić information content (AvgIpc) is 2.87. The molecule has 164 valence electrons. The Morgan fingerprint density at radius 3 is 1.47 bits per heavy atom. The Morgan fingerprint density at radius 2 is 0.971 bits per heavy atom. The molecule has 0 aliphatic rings. The lowest BCUT2D eigenvalue weighted by molar-refractivity contribution is -0.662. The Hall–Kier alpha value is -4.44. The van der Waals surface area contributed by atoms with Gasteiger partial charge in [0.1, 0.15) is 0 Å².